The number of carbonyl (C=O) groups excluding carboxylic acids is 2. The second-order valence-corrected chi connectivity index (χ2v) is 10.8. The average Bonchev–Trinajstić information content (AvgIpc) is 2.85. The van der Waals surface area contributed by atoms with Crippen molar-refractivity contribution in [2.45, 2.75) is 39.3 Å². The molecular formula is C25H32ClN3O6S. The number of hydrogen-bond acceptors (Lipinski definition) is 6. The van der Waals surface area contributed by atoms with Crippen LogP contribution in [0, 0.1) is 0 Å². The SMILES string of the molecule is CCCCNC(=O)[C@H](C)N(Cc1ccccc1Cl)C(=O)CN(c1ccc2c(c1)OCCO2)S(C)(=O)=O. The maximum Gasteiger partial charge on any atom is 0.244 e. The number of nitrogens with zero attached hydrogens (tertiary/aromatic N) is 2. The Labute approximate surface area is 217 Å². The third-order valence-electron chi connectivity index (χ3n) is 5.79. The van der Waals surface area contributed by atoms with E-state index in [0.29, 0.717) is 41.8 Å². The molecule has 1 N–H and O–H groups in total. The van der Waals surface area contributed by atoms with Gasteiger partial charge in [0.25, 0.3) is 0 Å². The van der Waals surface area contributed by atoms with Crippen molar-refractivity contribution in [2.24, 2.45) is 0 Å². The van der Waals surface area contributed by atoms with Crippen LogP contribution in [-0.4, -0.2) is 63.7 Å². The Morgan fingerprint density at radius 2 is 1.81 bits per heavy atom. The second kappa shape index (κ2) is 12.3. The Morgan fingerprint density at radius 1 is 1.11 bits per heavy atom. The summed E-state index contributed by atoms with van der Waals surface area (Å²) >= 11 is 6.33. The van der Waals surface area contributed by atoms with Crippen molar-refractivity contribution in [2.75, 3.05) is 36.9 Å². The number of sulfonamides is 1. The van der Waals surface area contributed by atoms with Gasteiger partial charge < -0.3 is 19.7 Å². The summed E-state index contributed by atoms with van der Waals surface area (Å²) in [5.41, 5.74) is 0.902. The van der Waals surface area contributed by atoms with Gasteiger partial charge in [-0.3, -0.25) is 13.9 Å². The number of fused-ring (bicyclic) bond motifs is 1. The van der Waals surface area contributed by atoms with Gasteiger partial charge in [0.2, 0.25) is 21.8 Å². The first-order valence-corrected chi connectivity index (χ1v) is 14.0. The van der Waals surface area contributed by atoms with Gasteiger partial charge in [0.05, 0.1) is 11.9 Å². The van der Waals surface area contributed by atoms with E-state index in [1.165, 1.54) is 11.0 Å². The van der Waals surface area contributed by atoms with Crippen molar-refractivity contribution in [1.29, 1.82) is 0 Å². The molecule has 11 heteroatoms. The summed E-state index contributed by atoms with van der Waals surface area (Å²) in [6, 6.07) is 10.9. The zero-order valence-corrected chi connectivity index (χ0v) is 22.3. The first-order chi connectivity index (χ1) is 17.1. The molecule has 1 aliphatic rings. The standard InChI is InChI=1S/C25H32ClN3O6S/c1-4-5-12-27-25(31)18(2)28(16-19-8-6-7-9-21(19)26)24(30)17-29(36(3,32)33)20-10-11-22-23(15-20)35-14-13-34-22/h6-11,15,18H,4-5,12-14,16-17H2,1-3H3,(H,27,31)/t18-/m0/s1. The molecule has 0 unspecified atom stereocenters. The van der Waals surface area contributed by atoms with E-state index >= 15 is 0 Å². The Hall–Kier alpha value is -2.98. The lowest BCUT2D eigenvalue weighted by atomic mass is 10.1. The Bertz CT molecular complexity index is 1190. The molecule has 0 saturated heterocycles. The minimum absolute atomic E-state index is 0.0413. The van der Waals surface area contributed by atoms with Crippen LogP contribution in [0.15, 0.2) is 42.5 Å². The first kappa shape index (κ1) is 27.6. The molecule has 3 rings (SSSR count). The molecule has 0 radical (unpaired) electrons. The number of anilines is 1. The van der Waals surface area contributed by atoms with Crippen molar-refractivity contribution >= 4 is 39.1 Å². The first-order valence-electron chi connectivity index (χ1n) is 11.8. The summed E-state index contributed by atoms with van der Waals surface area (Å²) in [6.45, 7) is 4.39. The van der Waals surface area contributed by atoms with E-state index in [4.69, 9.17) is 21.1 Å². The maximum atomic E-state index is 13.6. The quantitative estimate of drug-likeness (QED) is 0.441. The van der Waals surface area contributed by atoms with Gasteiger partial charge >= 0.3 is 0 Å². The molecule has 1 atom stereocenters. The molecule has 9 nitrogen and oxygen atoms in total. The number of rotatable bonds is 11. The number of ether oxygens (including phenoxy) is 2. The minimum Gasteiger partial charge on any atom is -0.486 e. The van der Waals surface area contributed by atoms with Gasteiger partial charge in [0.15, 0.2) is 11.5 Å². The highest BCUT2D eigenvalue weighted by Crippen LogP contribution is 2.34. The second-order valence-electron chi connectivity index (χ2n) is 8.53. The lowest BCUT2D eigenvalue weighted by Crippen LogP contribution is -2.51. The van der Waals surface area contributed by atoms with E-state index < -0.39 is 28.5 Å². The summed E-state index contributed by atoms with van der Waals surface area (Å²) in [5.74, 6) is 0.0291. The zero-order chi connectivity index (χ0) is 26.3. The monoisotopic (exact) mass is 537 g/mol. The van der Waals surface area contributed by atoms with Crippen molar-refractivity contribution in [3.8, 4) is 11.5 Å². The Morgan fingerprint density at radius 3 is 2.47 bits per heavy atom. The Balaban J connectivity index is 1.90. The van der Waals surface area contributed by atoms with Crippen molar-refractivity contribution in [3.05, 3.63) is 53.1 Å². The summed E-state index contributed by atoms with van der Waals surface area (Å²) in [5, 5.41) is 3.29. The predicted molar refractivity (Wildman–Crippen MR) is 139 cm³/mol. The van der Waals surface area contributed by atoms with Gasteiger partial charge in [0.1, 0.15) is 25.8 Å². The molecule has 0 spiro atoms. The predicted octanol–water partition coefficient (Wildman–Crippen LogP) is 3.21. The van der Waals surface area contributed by atoms with E-state index in [-0.39, 0.29) is 18.1 Å². The molecule has 1 heterocycles. The number of unbranched alkanes of at least 4 members (excludes halogenated alkanes) is 1. The number of halogens is 1. The van der Waals surface area contributed by atoms with Gasteiger partial charge in [0, 0.05) is 24.2 Å². The molecule has 0 aromatic heterocycles. The molecule has 1 aliphatic heterocycles. The zero-order valence-electron chi connectivity index (χ0n) is 20.7. The number of benzene rings is 2. The van der Waals surface area contributed by atoms with Crippen LogP contribution in [0.1, 0.15) is 32.3 Å². The van der Waals surface area contributed by atoms with Crippen molar-refractivity contribution < 1.29 is 27.5 Å². The molecule has 0 saturated carbocycles. The Kier molecular flexibility index (Phi) is 9.44. The van der Waals surface area contributed by atoms with Crippen LogP contribution < -0.4 is 19.1 Å². The summed E-state index contributed by atoms with van der Waals surface area (Å²) in [7, 11) is -3.85. The maximum absolute atomic E-state index is 13.6. The summed E-state index contributed by atoms with van der Waals surface area (Å²) in [6.07, 6.45) is 2.75. The van der Waals surface area contributed by atoms with Crippen LogP contribution in [0.4, 0.5) is 5.69 Å². The van der Waals surface area contributed by atoms with Crippen LogP contribution >= 0.6 is 11.6 Å². The fourth-order valence-electron chi connectivity index (χ4n) is 3.73. The molecule has 36 heavy (non-hydrogen) atoms. The molecule has 0 aliphatic carbocycles. The topological polar surface area (TPSA) is 105 Å². The van der Waals surface area contributed by atoms with Crippen molar-refractivity contribution in [3.63, 3.8) is 0 Å². The number of hydrogen-bond donors (Lipinski definition) is 1. The molecule has 2 amide bonds. The molecule has 2 aromatic carbocycles. The molecule has 0 fully saturated rings. The van der Waals surface area contributed by atoms with E-state index in [9.17, 15) is 18.0 Å². The van der Waals surface area contributed by atoms with Gasteiger partial charge in [-0.05, 0) is 37.1 Å². The van der Waals surface area contributed by atoms with Crippen LogP contribution in [0.25, 0.3) is 0 Å². The molecule has 196 valence electrons. The largest absolute Gasteiger partial charge is 0.486 e. The van der Waals surface area contributed by atoms with Gasteiger partial charge in [-0.1, -0.05) is 43.1 Å². The number of carbonyl (C=O) groups is 2. The third kappa shape index (κ3) is 7.04. The molecular weight excluding hydrogens is 506 g/mol. The van der Waals surface area contributed by atoms with Crippen LogP contribution in [0.3, 0.4) is 0 Å². The van der Waals surface area contributed by atoms with E-state index in [1.54, 1.807) is 43.3 Å². The fourth-order valence-corrected chi connectivity index (χ4v) is 4.77. The van der Waals surface area contributed by atoms with Crippen LogP contribution in [0.2, 0.25) is 5.02 Å². The smallest absolute Gasteiger partial charge is 0.244 e. The van der Waals surface area contributed by atoms with Gasteiger partial charge in [-0.15, -0.1) is 0 Å². The number of nitrogens with one attached hydrogen (secondary N) is 1. The van der Waals surface area contributed by atoms with Crippen LogP contribution in [0.5, 0.6) is 11.5 Å². The average molecular weight is 538 g/mol. The summed E-state index contributed by atoms with van der Waals surface area (Å²) < 4.78 is 37.5. The van der Waals surface area contributed by atoms with Crippen molar-refractivity contribution in [1.82, 2.24) is 10.2 Å². The molecule has 2 aromatic rings. The lowest BCUT2D eigenvalue weighted by Gasteiger charge is -2.32. The summed E-state index contributed by atoms with van der Waals surface area (Å²) in [4.78, 5) is 27.8. The minimum atomic E-state index is -3.85. The normalized spacial score (nSPS) is 13.6. The molecule has 0 bridgehead atoms. The highest BCUT2D eigenvalue weighted by atomic mass is 35.5. The third-order valence-corrected chi connectivity index (χ3v) is 7.30. The fraction of sp³-hybridized carbons (Fsp3) is 0.440. The highest BCUT2D eigenvalue weighted by Gasteiger charge is 2.31. The van der Waals surface area contributed by atoms with Crippen LogP contribution in [-0.2, 0) is 26.2 Å². The van der Waals surface area contributed by atoms with E-state index in [0.717, 1.165) is 23.4 Å². The van der Waals surface area contributed by atoms with E-state index in [2.05, 4.69) is 5.32 Å². The highest BCUT2D eigenvalue weighted by molar-refractivity contribution is 7.92. The lowest BCUT2D eigenvalue weighted by molar-refractivity contribution is -0.139. The van der Waals surface area contributed by atoms with E-state index in [1.807, 2.05) is 6.92 Å². The number of amides is 2. The van der Waals surface area contributed by atoms with Gasteiger partial charge in [-0.25, -0.2) is 8.42 Å². The van der Waals surface area contributed by atoms with Gasteiger partial charge in [-0.2, -0.15) is 0 Å².